The van der Waals surface area contributed by atoms with E-state index in [2.05, 4.69) is 9.88 Å². The van der Waals surface area contributed by atoms with E-state index < -0.39 is 0 Å². The first-order valence-corrected chi connectivity index (χ1v) is 7.94. The molecule has 0 radical (unpaired) electrons. The molecule has 4 rings (SSSR count). The number of phenols is 1. The van der Waals surface area contributed by atoms with Crippen molar-refractivity contribution < 1.29 is 9.90 Å². The minimum atomic E-state index is -0.00986. The number of aryl methyl sites for hydroxylation is 1. The van der Waals surface area contributed by atoms with Crippen LogP contribution in [0.5, 0.6) is 5.75 Å². The number of ketones is 1. The van der Waals surface area contributed by atoms with Crippen LogP contribution in [0.1, 0.15) is 28.8 Å². The lowest BCUT2D eigenvalue weighted by molar-refractivity contribution is 0.104. The fourth-order valence-electron chi connectivity index (χ4n) is 3.32. The number of aromatic nitrogens is 1. The molecule has 4 heteroatoms. The minimum absolute atomic E-state index is 0.00986. The number of aromatic hydroxyl groups is 1. The molecule has 1 aliphatic heterocycles. The number of anilines is 1. The van der Waals surface area contributed by atoms with Crippen molar-refractivity contribution in [3.63, 3.8) is 0 Å². The van der Waals surface area contributed by atoms with E-state index in [0.717, 1.165) is 42.7 Å². The Bertz CT molecular complexity index is 881. The van der Waals surface area contributed by atoms with Gasteiger partial charge < -0.3 is 15.0 Å². The maximum atomic E-state index is 13.1. The lowest BCUT2D eigenvalue weighted by Crippen LogP contribution is -2.08. The van der Waals surface area contributed by atoms with Gasteiger partial charge in [-0.15, -0.1) is 0 Å². The number of phenolic OH excluding ortho intramolecular Hbond substituents is 1. The van der Waals surface area contributed by atoms with E-state index in [1.54, 1.807) is 12.1 Å². The fourth-order valence-corrected chi connectivity index (χ4v) is 3.32. The molecule has 0 fully saturated rings. The van der Waals surface area contributed by atoms with Gasteiger partial charge in [0.2, 0.25) is 0 Å². The molecule has 116 valence electrons. The maximum Gasteiger partial charge on any atom is 0.197 e. The number of carbonyl (C=O) groups is 1. The molecule has 2 aromatic carbocycles. The molecule has 2 N–H and O–H groups in total. The Morgan fingerprint density at radius 2 is 1.91 bits per heavy atom. The average molecular weight is 306 g/mol. The van der Waals surface area contributed by atoms with Gasteiger partial charge in [-0.25, -0.2) is 0 Å². The normalized spacial score (nSPS) is 14.1. The van der Waals surface area contributed by atoms with Gasteiger partial charge in [0.05, 0.1) is 11.1 Å². The highest BCUT2D eigenvalue weighted by atomic mass is 16.3. The summed E-state index contributed by atoms with van der Waals surface area (Å²) in [7, 11) is 0. The predicted molar refractivity (Wildman–Crippen MR) is 91.2 cm³/mol. The van der Waals surface area contributed by atoms with Gasteiger partial charge in [0.1, 0.15) is 11.6 Å². The third-order valence-corrected chi connectivity index (χ3v) is 4.41. The van der Waals surface area contributed by atoms with E-state index in [9.17, 15) is 9.90 Å². The van der Waals surface area contributed by atoms with Crippen LogP contribution in [-0.4, -0.2) is 22.0 Å². The third kappa shape index (κ3) is 2.27. The van der Waals surface area contributed by atoms with E-state index in [-0.39, 0.29) is 11.5 Å². The quantitative estimate of drug-likeness (QED) is 0.708. The van der Waals surface area contributed by atoms with Crippen LogP contribution >= 0.6 is 0 Å². The van der Waals surface area contributed by atoms with Gasteiger partial charge in [0.15, 0.2) is 5.78 Å². The molecule has 0 spiro atoms. The standard InChI is InChI=1S/C19H18N2O2/c22-14-8-9-16-15(12-14)17(18(23)13-6-2-1-3-7-13)19-20-10-4-5-11-21(16)19/h1-3,6-9,12,20,22H,4-5,10-11H2. The number of hydrogen-bond acceptors (Lipinski definition) is 3. The zero-order chi connectivity index (χ0) is 15.8. The van der Waals surface area contributed by atoms with Crippen LogP contribution < -0.4 is 5.32 Å². The molecule has 0 saturated heterocycles. The Hall–Kier alpha value is -2.75. The van der Waals surface area contributed by atoms with Gasteiger partial charge >= 0.3 is 0 Å². The molecule has 3 aromatic rings. The summed E-state index contributed by atoms with van der Waals surface area (Å²) in [6.45, 7) is 1.74. The second-order valence-corrected chi connectivity index (χ2v) is 5.91. The summed E-state index contributed by atoms with van der Waals surface area (Å²) in [6, 6.07) is 14.6. The molecule has 0 unspecified atom stereocenters. The van der Waals surface area contributed by atoms with Crippen molar-refractivity contribution in [3.05, 3.63) is 59.7 Å². The molecule has 23 heavy (non-hydrogen) atoms. The van der Waals surface area contributed by atoms with Gasteiger partial charge in [-0.3, -0.25) is 4.79 Å². The topological polar surface area (TPSA) is 54.3 Å². The highest BCUT2D eigenvalue weighted by Gasteiger charge is 2.24. The molecule has 0 bridgehead atoms. The molecule has 2 heterocycles. The molecule has 0 saturated carbocycles. The van der Waals surface area contributed by atoms with Crippen molar-refractivity contribution in [1.82, 2.24) is 4.57 Å². The Balaban J connectivity index is 1.99. The van der Waals surface area contributed by atoms with E-state index in [1.807, 2.05) is 36.4 Å². The third-order valence-electron chi connectivity index (χ3n) is 4.41. The van der Waals surface area contributed by atoms with E-state index in [1.165, 1.54) is 0 Å². The largest absolute Gasteiger partial charge is 0.508 e. The molecule has 1 aromatic heterocycles. The number of nitrogens with one attached hydrogen (secondary N) is 1. The lowest BCUT2D eigenvalue weighted by atomic mass is 10.0. The van der Waals surface area contributed by atoms with Crippen LogP contribution in [-0.2, 0) is 6.54 Å². The number of nitrogens with zero attached hydrogens (tertiary/aromatic N) is 1. The Morgan fingerprint density at radius 1 is 1.09 bits per heavy atom. The van der Waals surface area contributed by atoms with E-state index in [4.69, 9.17) is 0 Å². The molecule has 0 amide bonds. The summed E-state index contributed by atoms with van der Waals surface area (Å²) < 4.78 is 2.16. The molecule has 0 atom stereocenters. The van der Waals surface area contributed by atoms with Crippen LogP contribution in [0.25, 0.3) is 10.9 Å². The van der Waals surface area contributed by atoms with Crippen molar-refractivity contribution in [2.45, 2.75) is 19.4 Å². The number of rotatable bonds is 2. The van der Waals surface area contributed by atoms with Crippen molar-refractivity contribution in [2.24, 2.45) is 0 Å². The smallest absolute Gasteiger partial charge is 0.197 e. The fraction of sp³-hybridized carbons (Fsp3) is 0.211. The molecular weight excluding hydrogens is 288 g/mol. The summed E-state index contributed by atoms with van der Waals surface area (Å²) >= 11 is 0. The lowest BCUT2D eigenvalue weighted by Gasteiger charge is -2.09. The van der Waals surface area contributed by atoms with Crippen LogP contribution in [0.2, 0.25) is 0 Å². The summed E-state index contributed by atoms with van der Waals surface area (Å²) in [4.78, 5) is 13.1. The van der Waals surface area contributed by atoms with Gasteiger partial charge in [-0.2, -0.15) is 0 Å². The SMILES string of the molecule is O=C(c1ccccc1)c1c2n(c3ccc(O)cc13)CCCCN2. The van der Waals surface area contributed by atoms with Crippen LogP contribution in [0.15, 0.2) is 48.5 Å². The number of carbonyl (C=O) groups excluding carboxylic acids is 1. The summed E-state index contributed by atoms with van der Waals surface area (Å²) in [5.74, 6) is 1.04. The van der Waals surface area contributed by atoms with Gasteiger partial charge in [0.25, 0.3) is 0 Å². The highest BCUT2D eigenvalue weighted by molar-refractivity contribution is 6.20. The van der Waals surface area contributed by atoms with Crippen LogP contribution in [0.3, 0.4) is 0 Å². The first-order chi connectivity index (χ1) is 11.3. The van der Waals surface area contributed by atoms with E-state index >= 15 is 0 Å². The highest BCUT2D eigenvalue weighted by Crippen LogP contribution is 2.35. The van der Waals surface area contributed by atoms with Crippen molar-refractivity contribution >= 4 is 22.5 Å². The Labute approximate surface area is 134 Å². The van der Waals surface area contributed by atoms with Crippen LogP contribution in [0.4, 0.5) is 5.82 Å². The first kappa shape index (κ1) is 13.9. The van der Waals surface area contributed by atoms with Gasteiger partial charge in [-0.05, 0) is 31.0 Å². The summed E-state index contributed by atoms with van der Waals surface area (Å²) in [5, 5.41) is 14.1. The van der Waals surface area contributed by atoms with Crippen LogP contribution in [0, 0.1) is 0 Å². The minimum Gasteiger partial charge on any atom is -0.508 e. The zero-order valence-electron chi connectivity index (χ0n) is 12.7. The van der Waals surface area contributed by atoms with Gasteiger partial charge in [0, 0.05) is 24.0 Å². The maximum absolute atomic E-state index is 13.1. The summed E-state index contributed by atoms with van der Waals surface area (Å²) in [6.07, 6.45) is 2.16. The monoisotopic (exact) mass is 306 g/mol. The Kier molecular flexibility index (Phi) is 3.30. The molecule has 1 aliphatic rings. The number of hydrogen-bond donors (Lipinski definition) is 2. The number of fused-ring (bicyclic) bond motifs is 3. The molecular formula is C19H18N2O2. The molecule has 0 aliphatic carbocycles. The average Bonchev–Trinajstić information content (AvgIpc) is 2.73. The second kappa shape index (κ2) is 5.47. The number of benzene rings is 2. The zero-order valence-corrected chi connectivity index (χ0v) is 12.7. The van der Waals surface area contributed by atoms with Crippen molar-refractivity contribution in [3.8, 4) is 5.75 Å². The first-order valence-electron chi connectivity index (χ1n) is 7.94. The Morgan fingerprint density at radius 3 is 2.74 bits per heavy atom. The second-order valence-electron chi connectivity index (χ2n) is 5.91. The van der Waals surface area contributed by atoms with Crippen molar-refractivity contribution in [1.29, 1.82) is 0 Å². The predicted octanol–water partition coefficient (Wildman–Crippen LogP) is 3.78. The summed E-state index contributed by atoms with van der Waals surface area (Å²) in [5.41, 5.74) is 2.31. The van der Waals surface area contributed by atoms with Gasteiger partial charge in [-0.1, -0.05) is 30.3 Å². The van der Waals surface area contributed by atoms with Crippen molar-refractivity contribution in [2.75, 3.05) is 11.9 Å². The molecule has 4 nitrogen and oxygen atoms in total. The van der Waals surface area contributed by atoms with E-state index in [0.29, 0.717) is 11.1 Å².